The topological polar surface area (TPSA) is 29.9 Å². The molecule has 1 N–H and O–H groups in total. The molecule has 0 aromatic carbocycles. The highest BCUT2D eigenvalue weighted by molar-refractivity contribution is 5.13. The highest BCUT2D eigenvalue weighted by Crippen LogP contribution is 2.14. The monoisotopic (exact) mass is 195 g/mol. The van der Waals surface area contributed by atoms with Crippen molar-refractivity contribution in [2.45, 2.75) is 46.7 Å². The van der Waals surface area contributed by atoms with E-state index in [0.29, 0.717) is 6.04 Å². The van der Waals surface area contributed by atoms with Crippen molar-refractivity contribution in [1.29, 1.82) is 0 Å². The number of aromatic nitrogens is 2. The van der Waals surface area contributed by atoms with Crippen LogP contribution in [0.3, 0.4) is 0 Å². The fraction of sp³-hybridized carbons (Fsp3) is 0.727. The van der Waals surface area contributed by atoms with E-state index in [1.165, 1.54) is 11.4 Å². The van der Waals surface area contributed by atoms with E-state index in [-0.39, 0.29) is 0 Å². The molecule has 0 aliphatic carbocycles. The van der Waals surface area contributed by atoms with Crippen LogP contribution in [0.15, 0.2) is 6.07 Å². The van der Waals surface area contributed by atoms with Gasteiger partial charge in [-0.05, 0) is 32.9 Å². The second-order valence-electron chi connectivity index (χ2n) is 3.51. The maximum atomic E-state index is 4.53. The van der Waals surface area contributed by atoms with Crippen LogP contribution in [-0.2, 0) is 13.0 Å². The molecule has 1 rings (SSSR count). The van der Waals surface area contributed by atoms with Gasteiger partial charge in [0, 0.05) is 12.6 Å². The van der Waals surface area contributed by atoms with Crippen LogP contribution < -0.4 is 5.32 Å². The number of rotatable bonds is 5. The van der Waals surface area contributed by atoms with Gasteiger partial charge in [0.1, 0.15) is 0 Å². The van der Waals surface area contributed by atoms with Gasteiger partial charge in [0.25, 0.3) is 0 Å². The molecule has 0 spiro atoms. The Morgan fingerprint density at radius 2 is 2.14 bits per heavy atom. The highest BCUT2D eigenvalue weighted by Gasteiger charge is 2.11. The lowest BCUT2D eigenvalue weighted by Crippen LogP contribution is -2.20. The van der Waals surface area contributed by atoms with Crippen LogP contribution in [0.4, 0.5) is 0 Å². The van der Waals surface area contributed by atoms with Crippen molar-refractivity contribution in [3.8, 4) is 0 Å². The lowest BCUT2D eigenvalue weighted by Gasteiger charge is -2.13. The first kappa shape index (κ1) is 11.2. The molecular weight excluding hydrogens is 174 g/mol. The Bertz CT molecular complexity index is 278. The molecule has 1 aromatic heterocycles. The van der Waals surface area contributed by atoms with Crippen molar-refractivity contribution in [2.75, 3.05) is 6.54 Å². The van der Waals surface area contributed by atoms with Crippen molar-refractivity contribution in [3.05, 3.63) is 17.5 Å². The maximum Gasteiger partial charge on any atom is 0.0625 e. The molecule has 1 aromatic rings. The SMILES string of the molecule is CCNC(C)c1cc(CC)nn1CC. The lowest BCUT2D eigenvalue weighted by molar-refractivity contribution is 0.520. The molecule has 1 atom stereocenters. The van der Waals surface area contributed by atoms with Crippen LogP contribution in [0.2, 0.25) is 0 Å². The summed E-state index contributed by atoms with van der Waals surface area (Å²) in [6, 6.07) is 2.60. The molecule has 3 heteroatoms. The summed E-state index contributed by atoms with van der Waals surface area (Å²) >= 11 is 0. The summed E-state index contributed by atoms with van der Waals surface area (Å²) in [7, 11) is 0. The van der Waals surface area contributed by atoms with Gasteiger partial charge in [0.15, 0.2) is 0 Å². The quantitative estimate of drug-likeness (QED) is 0.780. The average Bonchev–Trinajstić information content (AvgIpc) is 2.61. The van der Waals surface area contributed by atoms with Crippen LogP contribution >= 0.6 is 0 Å². The van der Waals surface area contributed by atoms with Gasteiger partial charge in [-0.3, -0.25) is 4.68 Å². The summed E-state index contributed by atoms with van der Waals surface area (Å²) in [4.78, 5) is 0. The number of aryl methyl sites for hydroxylation is 2. The summed E-state index contributed by atoms with van der Waals surface area (Å²) in [5.41, 5.74) is 2.48. The Morgan fingerprint density at radius 3 is 2.64 bits per heavy atom. The molecule has 0 saturated heterocycles. The number of nitrogens with one attached hydrogen (secondary N) is 1. The van der Waals surface area contributed by atoms with Crippen LogP contribution in [0.25, 0.3) is 0 Å². The zero-order valence-electron chi connectivity index (χ0n) is 9.67. The zero-order valence-corrected chi connectivity index (χ0v) is 9.67. The summed E-state index contributed by atoms with van der Waals surface area (Å²) in [6.45, 7) is 10.5. The molecule has 0 aliphatic heterocycles. The first-order valence-electron chi connectivity index (χ1n) is 5.52. The third-order valence-corrected chi connectivity index (χ3v) is 2.48. The van der Waals surface area contributed by atoms with Gasteiger partial charge < -0.3 is 5.32 Å². The Balaban J connectivity index is 2.87. The predicted octanol–water partition coefficient (Wildman–Crippen LogP) is 2.14. The molecule has 3 nitrogen and oxygen atoms in total. The summed E-state index contributed by atoms with van der Waals surface area (Å²) in [5, 5.41) is 7.94. The summed E-state index contributed by atoms with van der Waals surface area (Å²) < 4.78 is 2.09. The van der Waals surface area contributed by atoms with Gasteiger partial charge in [-0.1, -0.05) is 13.8 Å². The summed E-state index contributed by atoms with van der Waals surface area (Å²) in [6.07, 6.45) is 1.01. The molecule has 0 aliphatic rings. The van der Waals surface area contributed by atoms with E-state index in [4.69, 9.17) is 0 Å². The number of hydrogen-bond donors (Lipinski definition) is 1. The molecule has 0 radical (unpaired) electrons. The van der Waals surface area contributed by atoms with E-state index in [9.17, 15) is 0 Å². The van der Waals surface area contributed by atoms with E-state index in [1.54, 1.807) is 0 Å². The van der Waals surface area contributed by atoms with Crippen LogP contribution in [0, 0.1) is 0 Å². The van der Waals surface area contributed by atoms with Gasteiger partial charge in [-0.2, -0.15) is 5.10 Å². The van der Waals surface area contributed by atoms with E-state index < -0.39 is 0 Å². The van der Waals surface area contributed by atoms with Crippen LogP contribution in [0.1, 0.15) is 45.1 Å². The minimum atomic E-state index is 0.396. The van der Waals surface area contributed by atoms with Crippen molar-refractivity contribution in [2.24, 2.45) is 0 Å². The van der Waals surface area contributed by atoms with E-state index in [1.807, 2.05) is 0 Å². The summed E-state index contributed by atoms with van der Waals surface area (Å²) in [5.74, 6) is 0. The predicted molar refractivity (Wildman–Crippen MR) is 59.4 cm³/mol. The molecule has 1 unspecified atom stereocenters. The van der Waals surface area contributed by atoms with Gasteiger partial charge >= 0.3 is 0 Å². The largest absolute Gasteiger partial charge is 0.309 e. The van der Waals surface area contributed by atoms with E-state index in [0.717, 1.165) is 19.5 Å². The van der Waals surface area contributed by atoms with Gasteiger partial charge in [0.2, 0.25) is 0 Å². The van der Waals surface area contributed by atoms with Gasteiger partial charge in [-0.15, -0.1) is 0 Å². The maximum absolute atomic E-state index is 4.53. The normalized spacial score (nSPS) is 13.1. The molecule has 1 heterocycles. The molecule has 0 saturated carbocycles. The highest BCUT2D eigenvalue weighted by atomic mass is 15.3. The molecule has 0 amide bonds. The molecule has 80 valence electrons. The molecular formula is C11H21N3. The van der Waals surface area contributed by atoms with Crippen molar-refractivity contribution < 1.29 is 0 Å². The molecule has 14 heavy (non-hydrogen) atoms. The first-order chi connectivity index (χ1) is 6.72. The fourth-order valence-corrected chi connectivity index (χ4v) is 1.67. The van der Waals surface area contributed by atoms with Gasteiger partial charge in [-0.25, -0.2) is 0 Å². The number of nitrogens with zero attached hydrogens (tertiary/aromatic N) is 2. The fourth-order valence-electron chi connectivity index (χ4n) is 1.67. The molecule has 0 fully saturated rings. The third kappa shape index (κ3) is 2.35. The van der Waals surface area contributed by atoms with Crippen LogP contribution in [-0.4, -0.2) is 16.3 Å². The second kappa shape index (κ2) is 5.15. The van der Waals surface area contributed by atoms with Crippen molar-refractivity contribution in [3.63, 3.8) is 0 Å². The Kier molecular flexibility index (Phi) is 4.14. The third-order valence-electron chi connectivity index (χ3n) is 2.48. The minimum Gasteiger partial charge on any atom is -0.309 e. The van der Waals surface area contributed by atoms with Gasteiger partial charge in [0.05, 0.1) is 11.4 Å². The first-order valence-corrected chi connectivity index (χ1v) is 5.52. The number of hydrogen-bond acceptors (Lipinski definition) is 2. The Labute approximate surface area is 86.5 Å². The van der Waals surface area contributed by atoms with Crippen LogP contribution in [0.5, 0.6) is 0 Å². The Hall–Kier alpha value is -0.830. The zero-order chi connectivity index (χ0) is 10.6. The standard InChI is InChI=1S/C11H21N3/c1-5-10-8-11(9(4)12-6-2)14(7-3)13-10/h8-9,12H,5-7H2,1-4H3. The second-order valence-corrected chi connectivity index (χ2v) is 3.51. The van der Waals surface area contributed by atoms with Crippen molar-refractivity contribution >= 4 is 0 Å². The van der Waals surface area contributed by atoms with E-state index >= 15 is 0 Å². The lowest BCUT2D eigenvalue weighted by atomic mass is 10.2. The smallest absolute Gasteiger partial charge is 0.0625 e. The molecule has 0 bridgehead atoms. The van der Waals surface area contributed by atoms with Crippen molar-refractivity contribution in [1.82, 2.24) is 15.1 Å². The Morgan fingerprint density at radius 1 is 1.43 bits per heavy atom. The minimum absolute atomic E-state index is 0.396. The van der Waals surface area contributed by atoms with E-state index in [2.05, 4.69) is 48.9 Å². The average molecular weight is 195 g/mol.